The van der Waals surface area contributed by atoms with Crippen LogP contribution in [0.5, 0.6) is 0 Å². The monoisotopic (exact) mass is 373 g/mol. The van der Waals surface area contributed by atoms with E-state index in [1.807, 2.05) is 6.92 Å². The third-order valence-electron chi connectivity index (χ3n) is 4.42. The first-order chi connectivity index (χ1) is 12.5. The van der Waals surface area contributed by atoms with Gasteiger partial charge in [-0.1, -0.05) is 29.8 Å². The molecule has 3 N–H and O–H groups in total. The molecule has 0 aliphatic carbocycles. The summed E-state index contributed by atoms with van der Waals surface area (Å²) in [6.07, 6.45) is 1.73. The molecule has 1 fully saturated rings. The number of nitrogens with one attached hydrogen (secondary N) is 3. The molecule has 1 amide bonds. The van der Waals surface area contributed by atoms with Crippen LogP contribution in [-0.4, -0.2) is 33.5 Å². The zero-order valence-electron chi connectivity index (χ0n) is 14.7. The molecule has 0 unspecified atom stereocenters. The Morgan fingerprint density at radius 3 is 2.38 bits per heavy atom. The maximum atomic E-state index is 12.6. The molecule has 0 atom stereocenters. The number of sulfonamides is 1. The fourth-order valence-corrected chi connectivity index (χ4v) is 4.00. The molecular weight excluding hydrogens is 350 g/mol. The third kappa shape index (κ3) is 4.42. The van der Waals surface area contributed by atoms with E-state index in [0.29, 0.717) is 5.56 Å². The second-order valence-corrected chi connectivity index (χ2v) is 8.14. The number of amides is 1. The Morgan fingerprint density at radius 1 is 1.04 bits per heavy atom. The lowest BCUT2D eigenvalue weighted by Crippen LogP contribution is -2.42. The maximum Gasteiger partial charge on any atom is 0.261 e. The SMILES string of the molecule is Cc1ccc(S(=O)(=O)Nc2ccccc2C(=O)NC2CCNCC2)cc1. The molecule has 0 radical (unpaired) electrons. The minimum Gasteiger partial charge on any atom is -0.349 e. The summed E-state index contributed by atoms with van der Waals surface area (Å²) in [5.41, 5.74) is 1.58. The summed E-state index contributed by atoms with van der Waals surface area (Å²) < 4.78 is 27.8. The van der Waals surface area contributed by atoms with Crippen molar-refractivity contribution in [2.75, 3.05) is 17.8 Å². The number of rotatable bonds is 5. The van der Waals surface area contributed by atoms with Gasteiger partial charge in [-0.2, -0.15) is 0 Å². The fourth-order valence-electron chi connectivity index (χ4n) is 2.92. The van der Waals surface area contributed by atoms with Crippen molar-refractivity contribution < 1.29 is 13.2 Å². The van der Waals surface area contributed by atoms with Crippen LogP contribution in [0.3, 0.4) is 0 Å². The molecule has 26 heavy (non-hydrogen) atoms. The van der Waals surface area contributed by atoms with E-state index >= 15 is 0 Å². The topological polar surface area (TPSA) is 87.3 Å². The van der Waals surface area contributed by atoms with E-state index < -0.39 is 10.0 Å². The van der Waals surface area contributed by atoms with E-state index in [1.54, 1.807) is 48.5 Å². The molecule has 138 valence electrons. The smallest absolute Gasteiger partial charge is 0.261 e. The molecule has 1 saturated heterocycles. The molecular formula is C19H23N3O3S. The number of benzene rings is 2. The van der Waals surface area contributed by atoms with Crippen molar-refractivity contribution in [3.8, 4) is 0 Å². The van der Waals surface area contributed by atoms with Crippen LogP contribution in [-0.2, 0) is 10.0 Å². The second kappa shape index (κ2) is 7.88. The lowest BCUT2D eigenvalue weighted by atomic mass is 10.1. The maximum absolute atomic E-state index is 12.6. The molecule has 2 aromatic carbocycles. The van der Waals surface area contributed by atoms with Gasteiger partial charge in [0.2, 0.25) is 0 Å². The number of anilines is 1. The van der Waals surface area contributed by atoms with Gasteiger partial charge in [0, 0.05) is 6.04 Å². The van der Waals surface area contributed by atoms with Crippen LogP contribution >= 0.6 is 0 Å². The second-order valence-electron chi connectivity index (χ2n) is 6.46. The average Bonchev–Trinajstić information content (AvgIpc) is 2.63. The molecule has 0 spiro atoms. The summed E-state index contributed by atoms with van der Waals surface area (Å²) in [7, 11) is -3.76. The van der Waals surface area contributed by atoms with Crippen molar-refractivity contribution >= 4 is 21.6 Å². The van der Waals surface area contributed by atoms with Gasteiger partial charge in [0.1, 0.15) is 0 Å². The van der Waals surface area contributed by atoms with Crippen molar-refractivity contribution in [3.63, 3.8) is 0 Å². The number of aryl methyl sites for hydroxylation is 1. The van der Waals surface area contributed by atoms with Gasteiger partial charge in [0.15, 0.2) is 0 Å². The van der Waals surface area contributed by atoms with Crippen molar-refractivity contribution in [1.82, 2.24) is 10.6 Å². The molecule has 6 nitrogen and oxygen atoms in total. The van der Waals surface area contributed by atoms with Gasteiger partial charge < -0.3 is 10.6 Å². The summed E-state index contributed by atoms with van der Waals surface area (Å²) in [4.78, 5) is 12.8. The van der Waals surface area contributed by atoms with Crippen molar-refractivity contribution in [2.24, 2.45) is 0 Å². The van der Waals surface area contributed by atoms with Gasteiger partial charge in [0.25, 0.3) is 15.9 Å². The van der Waals surface area contributed by atoms with Gasteiger partial charge in [-0.3, -0.25) is 9.52 Å². The molecule has 1 aliphatic rings. The number of hydrogen-bond acceptors (Lipinski definition) is 4. The first kappa shape index (κ1) is 18.4. The minimum atomic E-state index is -3.76. The van der Waals surface area contributed by atoms with Crippen LogP contribution in [0.25, 0.3) is 0 Å². The Labute approximate surface area is 154 Å². The zero-order valence-corrected chi connectivity index (χ0v) is 15.5. The van der Waals surface area contributed by atoms with E-state index in [2.05, 4.69) is 15.4 Å². The molecule has 7 heteroatoms. The number of carbonyl (C=O) groups is 1. The van der Waals surface area contributed by atoms with E-state index in [4.69, 9.17) is 0 Å². The third-order valence-corrected chi connectivity index (χ3v) is 5.80. The molecule has 0 saturated carbocycles. The molecule has 1 aliphatic heterocycles. The normalized spacial score (nSPS) is 15.4. The number of piperidine rings is 1. The molecule has 2 aromatic rings. The summed E-state index contributed by atoms with van der Waals surface area (Å²) in [5, 5.41) is 6.24. The molecule has 0 aromatic heterocycles. The minimum absolute atomic E-state index is 0.102. The number of carbonyl (C=O) groups excluding carboxylic acids is 1. The number of hydrogen-bond donors (Lipinski definition) is 3. The van der Waals surface area contributed by atoms with Crippen LogP contribution in [0.2, 0.25) is 0 Å². The number of para-hydroxylation sites is 1. The van der Waals surface area contributed by atoms with Crippen LogP contribution in [0, 0.1) is 6.92 Å². The summed E-state index contributed by atoms with van der Waals surface area (Å²) in [6, 6.07) is 13.3. The Hall–Kier alpha value is -2.38. The standard InChI is InChI=1S/C19H23N3O3S/c1-14-6-8-16(9-7-14)26(24,25)22-18-5-3-2-4-17(18)19(23)21-15-10-12-20-13-11-15/h2-9,15,20,22H,10-13H2,1H3,(H,21,23). The predicted molar refractivity (Wildman–Crippen MR) is 102 cm³/mol. The van der Waals surface area contributed by atoms with Crippen LogP contribution in [0.1, 0.15) is 28.8 Å². The van der Waals surface area contributed by atoms with E-state index in [-0.39, 0.29) is 22.5 Å². The quantitative estimate of drug-likeness (QED) is 0.750. The van der Waals surface area contributed by atoms with Gasteiger partial charge in [-0.05, 0) is 57.1 Å². The molecule has 3 rings (SSSR count). The summed E-state index contributed by atoms with van der Waals surface area (Å²) in [6.45, 7) is 3.63. The highest BCUT2D eigenvalue weighted by molar-refractivity contribution is 7.92. The van der Waals surface area contributed by atoms with Crippen LogP contribution < -0.4 is 15.4 Å². The predicted octanol–water partition coefficient (Wildman–Crippen LogP) is 2.28. The van der Waals surface area contributed by atoms with Crippen molar-refractivity contribution in [2.45, 2.75) is 30.7 Å². The Bertz CT molecular complexity index is 873. The Morgan fingerprint density at radius 2 is 1.69 bits per heavy atom. The Balaban J connectivity index is 1.80. The fraction of sp³-hybridized carbons (Fsp3) is 0.316. The highest BCUT2D eigenvalue weighted by Crippen LogP contribution is 2.21. The average molecular weight is 373 g/mol. The van der Waals surface area contributed by atoms with Crippen molar-refractivity contribution in [1.29, 1.82) is 0 Å². The van der Waals surface area contributed by atoms with Crippen LogP contribution in [0.15, 0.2) is 53.4 Å². The summed E-state index contributed by atoms with van der Waals surface area (Å²) in [5.74, 6) is -0.265. The van der Waals surface area contributed by atoms with Gasteiger partial charge in [-0.15, -0.1) is 0 Å². The highest BCUT2D eigenvalue weighted by atomic mass is 32.2. The first-order valence-electron chi connectivity index (χ1n) is 8.66. The van der Waals surface area contributed by atoms with E-state index in [0.717, 1.165) is 31.5 Å². The van der Waals surface area contributed by atoms with Gasteiger partial charge in [-0.25, -0.2) is 8.42 Å². The lowest BCUT2D eigenvalue weighted by Gasteiger charge is -2.24. The zero-order chi connectivity index (χ0) is 18.6. The van der Waals surface area contributed by atoms with Gasteiger partial charge >= 0.3 is 0 Å². The highest BCUT2D eigenvalue weighted by Gasteiger charge is 2.21. The first-order valence-corrected chi connectivity index (χ1v) is 10.1. The van der Waals surface area contributed by atoms with Crippen molar-refractivity contribution in [3.05, 3.63) is 59.7 Å². The molecule has 1 heterocycles. The van der Waals surface area contributed by atoms with E-state index in [1.165, 1.54) is 0 Å². The van der Waals surface area contributed by atoms with Gasteiger partial charge in [0.05, 0.1) is 16.1 Å². The van der Waals surface area contributed by atoms with Crippen LogP contribution in [0.4, 0.5) is 5.69 Å². The van der Waals surface area contributed by atoms with E-state index in [9.17, 15) is 13.2 Å². The summed E-state index contributed by atoms with van der Waals surface area (Å²) >= 11 is 0. The lowest BCUT2D eigenvalue weighted by molar-refractivity contribution is 0.0930. The Kier molecular flexibility index (Phi) is 5.58. The molecule has 0 bridgehead atoms. The largest absolute Gasteiger partial charge is 0.349 e.